The van der Waals surface area contributed by atoms with Gasteiger partial charge in [-0.2, -0.15) is 0 Å². The molecule has 0 bridgehead atoms. The molecule has 0 aromatic carbocycles. The quantitative estimate of drug-likeness (QED) is 0.559. The minimum Gasteiger partial charge on any atom is -0.458 e. The van der Waals surface area contributed by atoms with Crippen LogP contribution in [0.4, 0.5) is 0 Å². The van der Waals surface area contributed by atoms with Crippen molar-refractivity contribution < 1.29 is 24.5 Å². The molecule has 1 saturated heterocycles. The van der Waals surface area contributed by atoms with E-state index in [1.54, 1.807) is 0 Å². The van der Waals surface area contributed by atoms with Gasteiger partial charge in [0.25, 0.3) is 0 Å². The normalized spacial score (nSPS) is 53.8. The van der Waals surface area contributed by atoms with Gasteiger partial charge in [0, 0.05) is 11.0 Å². The molecule has 7 atom stereocenters. The second-order valence-corrected chi connectivity index (χ2v) is 9.44. The van der Waals surface area contributed by atoms with Crippen LogP contribution in [0.5, 0.6) is 0 Å². The third-order valence-corrected chi connectivity index (χ3v) is 8.34. The van der Waals surface area contributed by atoms with Gasteiger partial charge in [0.15, 0.2) is 0 Å². The summed E-state index contributed by atoms with van der Waals surface area (Å²) in [5, 5.41) is 22.8. The Labute approximate surface area is 148 Å². The average molecular weight is 348 g/mol. The number of hydrogen-bond donors (Lipinski definition) is 2. The molecule has 3 aliphatic carbocycles. The summed E-state index contributed by atoms with van der Waals surface area (Å²) < 4.78 is 11.6. The Bertz CT molecular complexity index is 684. The van der Waals surface area contributed by atoms with Gasteiger partial charge in [0.1, 0.15) is 17.8 Å². The first-order valence-electron chi connectivity index (χ1n) is 9.73. The van der Waals surface area contributed by atoms with Crippen LogP contribution >= 0.6 is 0 Å². The van der Waals surface area contributed by atoms with Crippen LogP contribution in [0.15, 0.2) is 11.1 Å². The van der Waals surface area contributed by atoms with Crippen LogP contribution in [0.2, 0.25) is 0 Å². The van der Waals surface area contributed by atoms with Gasteiger partial charge < -0.3 is 19.7 Å². The summed E-state index contributed by atoms with van der Waals surface area (Å²) in [5.74, 6) is 0.428. The molecule has 2 N–H and O–H groups in total. The molecule has 2 heterocycles. The van der Waals surface area contributed by atoms with Crippen molar-refractivity contribution in [1.82, 2.24) is 0 Å². The van der Waals surface area contributed by atoms with Crippen LogP contribution in [0.25, 0.3) is 0 Å². The highest BCUT2D eigenvalue weighted by Gasteiger charge is 2.83. The van der Waals surface area contributed by atoms with Crippen LogP contribution in [0.1, 0.15) is 52.9 Å². The summed E-state index contributed by atoms with van der Waals surface area (Å²) >= 11 is 0. The van der Waals surface area contributed by atoms with E-state index in [9.17, 15) is 15.0 Å². The highest BCUT2D eigenvalue weighted by Crippen LogP contribution is 2.73. The van der Waals surface area contributed by atoms with Crippen molar-refractivity contribution >= 4 is 5.97 Å². The molecule has 2 aliphatic heterocycles. The molecule has 5 nitrogen and oxygen atoms in total. The van der Waals surface area contributed by atoms with E-state index in [-0.39, 0.29) is 29.3 Å². The van der Waals surface area contributed by atoms with Crippen molar-refractivity contribution in [2.75, 3.05) is 6.61 Å². The lowest BCUT2D eigenvalue weighted by molar-refractivity contribution is -0.219. The van der Waals surface area contributed by atoms with Gasteiger partial charge in [-0.3, -0.25) is 0 Å². The number of epoxide rings is 1. The van der Waals surface area contributed by atoms with E-state index < -0.39 is 17.3 Å². The highest BCUT2D eigenvalue weighted by molar-refractivity contribution is 5.92. The molecule has 25 heavy (non-hydrogen) atoms. The van der Waals surface area contributed by atoms with Crippen molar-refractivity contribution in [1.29, 1.82) is 0 Å². The summed E-state index contributed by atoms with van der Waals surface area (Å²) in [6, 6.07) is 0. The minimum absolute atomic E-state index is 0.0151. The molecule has 0 aromatic heterocycles. The maximum atomic E-state index is 12.0. The van der Waals surface area contributed by atoms with Gasteiger partial charge in [-0.25, -0.2) is 4.79 Å². The predicted molar refractivity (Wildman–Crippen MR) is 89.6 cm³/mol. The molecular weight excluding hydrogens is 320 g/mol. The van der Waals surface area contributed by atoms with Crippen molar-refractivity contribution in [3.8, 4) is 0 Å². The molecule has 1 spiro atoms. The van der Waals surface area contributed by atoms with E-state index in [2.05, 4.69) is 20.8 Å². The number of ether oxygens (including phenoxy) is 2. The van der Waals surface area contributed by atoms with Gasteiger partial charge in [-0.15, -0.1) is 0 Å². The maximum absolute atomic E-state index is 12.0. The van der Waals surface area contributed by atoms with E-state index in [0.717, 1.165) is 30.4 Å². The monoisotopic (exact) mass is 348 g/mol. The van der Waals surface area contributed by atoms with E-state index in [1.807, 2.05) is 0 Å². The van der Waals surface area contributed by atoms with Crippen molar-refractivity contribution in [3.05, 3.63) is 11.1 Å². The van der Waals surface area contributed by atoms with Crippen molar-refractivity contribution in [3.63, 3.8) is 0 Å². The third kappa shape index (κ3) is 1.64. The molecule has 138 valence electrons. The molecule has 0 radical (unpaired) electrons. The second kappa shape index (κ2) is 4.68. The van der Waals surface area contributed by atoms with Crippen LogP contribution in [-0.4, -0.2) is 46.2 Å². The second-order valence-electron chi connectivity index (χ2n) is 9.44. The number of cyclic esters (lactones) is 1. The first-order chi connectivity index (χ1) is 11.8. The van der Waals surface area contributed by atoms with Crippen LogP contribution in [0.3, 0.4) is 0 Å². The fourth-order valence-electron chi connectivity index (χ4n) is 6.97. The smallest absolute Gasteiger partial charge is 0.334 e. The number of aliphatic hydroxyl groups excluding tert-OH is 1. The number of carbonyl (C=O) groups excluding carboxylic acids is 1. The Kier molecular flexibility index (Phi) is 3.04. The fourth-order valence-corrected chi connectivity index (χ4v) is 6.97. The van der Waals surface area contributed by atoms with Gasteiger partial charge in [-0.1, -0.05) is 20.8 Å². The lowest BCUT2D eigenvalue weighted by atomic mass is 9.45. The topological polar surface area (TPSA) is 79.3 Å². The van der Waals surface area contributed by atoms with Crippen LogP contribution < -0.4 is 0 Å². The lowest BCUT2D eigenvalue weighted by Gasteiger charge is -2.60. The van der Waals surface area contributed by atoms with Crippen LogP contribution in [0, 0.1) is 23.2 Å². The van der Waals surface area contributed by atoms with Gasteiger partial charge >= 0.3 is 5.97 Å². The molecule has 2 saturated carbocycles. The molecule has 5 rings (SSSR count). The summed E-state index contributed by atoms with van der Waals surface area (Å²) in [5.41, 5.74) is -0.113. The van der Waals surface area contributed by atoms with E-state index >= 15 is 0 Å². The number of fused-ring (bicyclic) bond motifs is 2. The average Bonchev–Trinajstić information content (AvgIpc) is 3.20. The summed E-state index contributed by atoms with van der Waals surface area (Å²) in [6.45, 7) is 6.82. The minimum atomic E-state index is -1.18. The van der Waals surface area contributed by atoms with Gasteiger partial charge in [0.05, 0.1) is 12.2 Å². The SMILES string of the molecule is CC(C)C1C[C@@H]2O[C@@]23[C@@]2(C)CCC4=C(COC4=O)C2CC[C@@]3(O)[C@@H]1O. The number of aliphatic hydroxyl groups is 2. The molecule has 0 aromatic rings. The number of carbonyl (C=O) groups is 1. The zero-order valence-electron chi connectivity index (χ0n) is 15.2. The van der Waals surface area contributed by atoms with E-state index in [0.29, 0.717) is 25.4 Å². The molecule has 5 heteroatoms. The Morgan fingerprint density at radius 2 is 2.04 bits per heavy atom. The fraction of sp³-hybridized carbons (Fsp3) is 0.850. The molecule has 0 amide bonds. The summed E-state index contributed by atoms with van der Waals surface area (Å²) in [4.78, 5) is 12.0. The molecule has 2 unspecified atom stereocenters. The first kappa shape index (κ1) is 16.3. The summed E-state index contributed by atoms with van der Waals surface area (Å²) in [6.07, 6.45) is 2.89. The molecule has 3 fully saturated rings. The Hall–Kier alpha value is -0.910. The third-order valence-electron chi connectivity index (χ3n) is 8.34. The number of hydrogen-bond acceptors (Lipinski definition) is 5. The largest absolute Gasteiger partial charge is 0.458 e. The molecular formula is C20H28O5. The zero-order valence-corrected chi connectivity index (χ0v) is 15.2. The standard InChI is InChI=1S/C20H28O5/c1-10(2)12-8-15-20(25-15)18(3)6-4-11-13(9-24-17(11)22)14(18)5-7-19(20,23)16(12)21/h10,12,14-16,21,23H,4-9H2,1-3H3/t12?,14?,15-,16+,18-,19+,20+/m0/s1. The van der Waals surface area contributed by atoms with Crippen LogP contribution in [-0.2, 0) is 14.3 Å². The van der Waals surface area contributed by atoms with E-state index in [4.69, 9.17) is 9.47 Å². The first-order valence-corrected chi connectivity index (χ1v) is 9.73. The van der Waals surface area contributed by atoms with Gasteiger partial charge in [0.2, 0.25) is 0 Å². The van der Waals surface area contributed by atoms with Crippen molar-refractivity contribution in [2.24, 2.45) is 23.2 Å². The Morgan fingerprint density at radius 3 is 2.76 bits per heavy atom. The maximum Gasteiger partial charge on any atom is 0.334 e. The van der Waals surface area contributed by atoms with Crippen molar-refractivity contribution in [2.45, 2.75) is 76.3 Å². The van der Waals surface area contributed by atoms with Gasteiger partial charge in [-0.05, 0) is 55.4 Å². The molecule has 5 aliphatic rings. The summed E-state index contributed by atoms with van der Waals surface area (Å²) in [7, 11) is 0. The lowest BCUT2D eigenvalue weighted by Crippen LogP contribution is -2.71. The number of rotatable bonds is 1. The van der Waals surface area contributed by atoms with E-state index in [1.165, 1.54) is 0 Å². The zero-order chi connectivity index (χ0) is 17.8. The predicted octanol–water partition coefficient (Wildman–Crippen LogP) is 1.96. The Balaban J connectivity index is 1.58. The highest BCUT2D eigenvalue weighted by atomic mass is 16.6. The Morgan fingerprint density at radius 1 is 1.28 bits per heavy atom. The number of esters is 1.